The van der Waals surface area contributed by atoms with Crippen LogP contribution in [-0.4, -0.2) is 37.5 Å². The lowest BCUT2D eigenvalue weighted by Crippen LogP contribution is -2.39. The van der Waals surface area contributed by atoms with E-state index in [1.807, 2.05) is 0 Å². The van der Waals surface area contributed by atoms with Crippen molar-refractivity contribution in [2.75, 3.05) is 19.3 Å². The smallest absolute Gasteiger partial charge is 0.243 e. The Morgan fingerprint density at radius 3 is 2.58 bits per heavy atom. The summed E-state index contributed by atoms with van der Waals surface area (Å²) in [5, 5.41) is 9.24. The molecular weight excluding hydrogens is 264 g/mol. The summed E-state index contributed by atoms with van der Waals surface area (Å²) in [6.07, 6.45) is 1.10. The molecule has 0 radical (unpaired) electrons. The molecule has 0 aliphatic heterocycles. The third-order valence-corrected chi connectivity index (χ3v) is 5.60. The zero-order valence-corrected chi connectivity index (χ0v) is 12.0. The molecule has 106 valence electrons. The van der Waals surface area contributed by atoms with E-state index < -0.39 is 10.0 Å². The lowest BCUT2D eigenvalue weighted by Gasteiger charge is -2.34. The number of nitrogens with zero attached hydrogens (tertiary/aromatic N) is 1. The first-order valence-corrected chi connectivity index (χ1v) is 7.75. The highest BCUT2D eigenvalue weighted by Crippen LogP contribution is 2.29. The number of aliphatic hydroxyl groups excluding tert-OH is 1. The lowest BCUT2D eigenvalue weighted by atomic mass is 9.82. The van der Waals surface area contributed by atoms with Gasteiger partial charge in [0.15, 0.2) is 0 Å². The Kier molecular flexibility index (Phi) is 3.85. The van der Waals surface area contributed by atoms with Gasteiger partial charge >= 0.3 is 0 Å². The van der Waals surface area contributed by atoms with Crippen molar-refractivity contribution in [3.8, 4) is 0 Å². The van der Waals surface area contributed by atoms with Crippen LogP contribution < -0.4 is 5.73 Å². The second-order valence-electron chi connectivity index (χ2n) is 5.30. The van der Waals surface area contributed by atoms with Gasteiger partial charge in [-0.05, 0) is 49.4 Å². The molecule has 1 saturated carbocycles. The standard InChI is InChI=1S/C13H20N2O3S/c1-9-5-11(14)3-4-13(9)19(17,18)15(2)8-10-6-12(16)7-10/h3-5,10,12,16H,6-8,14H2,1-2H3. The molecule has 1 aromatic rings. The zero-order chi connectivity index (χ0) is 14.2. The lowest BCUT2D eigenvalue weighted by molar-refractivity contribution is 0.0367. The van der Waals surface area contributed by atoms with E-state index >= 15 is 0 Å². The number of rotatable bonds is 4. The molecule has 3 N–H and O–H groups in total. The van der Waals surface area contributed by atoms with Gasteiger partial charge in [0.1, 0.15) is 0 Å². The van der Waals surface area contributed by atoms with Gasteiger partial charge in [0.05, 0.1) is 11.0 Å². The van der Waals surface area contributed by atoms with Crippen LogP contribution in [0.15, 0.2) is 23.1 Å². The van der Waals surface area contributed by atoms with Crippen molar-refractivity contribution < 1.29 is 13.5 Å². The topological polar surface area (TPSA) is 83.6 Å². The molecule has 0 saturated heterocycles. The van der Waals surface area contributed by atoms with Gasteiger partial charge < -0.3 is 10.8 Å². The fraction of sp³-hybridized carbons (Fsp3) is 0.538. The van der Waals surface area contributed by atoms with Crippen LogP contribution in [0.1, 0.15) is 18.4 Å². The molecule has 0 atom stereocenters. The molecule has 0 aromatic heterocycles. The third kappa shape index (κ3) is 2.91. The first kappa shape index (κ1) is 14.3. The van der Waals surface area contributed by atoms with Crippen molar-refractivity contribution in [3.63, 3.8) is 0 Å². The molecule has 0 unspecified atom stereocenters. The van der Waals surface area contributed by atoms with Crippen molar-refractivity contribution in [3.05, 3.63) is 23.8 Å². The number of anilines is 1. The van der Waals surface area contributed by atoms with Crippen molar-refractivity contribution >= 4 is 15.7 Å². The summed E-state index contributed by atoms with van der Waals surface area (Å²) in [7, 11) is -1.90. The van der Waals surface area contributed by atoms with E-state index in [0.29, 0.717) is 35.5 Å². The van der Waals surface area contributed by atoms with Crippen molar-refractivity contribution in [1.29, 1.82) is 0 Å². The maximum Gasteiger partial charge on any atom is 0.243 e. The van der Waals surface area contributed by atoms with E-state index in [1.54, 1.807) is 32.2 Å². The monoisotopic (exact) mass is 284 g/mol. The number of hydrogen-bond acceptors (Lipinski definition) is 4. The molecule has 0 amide bonds. The Hall–Kier alpha value is -1.11. The zero-order valence-electron chi connectivity index (χ0n) is 11.2. The van der Waals surface area contributed by atoms with E-state index in [0.717, 1.165) is 0 Å². The molecule has 6 heteroatoms. The number of benzene rings is 1. The predicted octanol–water partition coefficient (Wildman–Crippen LogP) is 0.969. The molecule has 1 aromatic carbocycles. The minimum Gasteiger partial charge on any atom is -0.399 e. The average molecular weight is 284 g/mol. The van der Waals surface area contributed by atoms with Crippen LogP contribution in [0.3, 0.4) is 0 Å². The van der Waals surface area contributed by atoms with Crippen LogP contribution >= 0.6 is 0 Å². The largest absolute Gasteiger partial charge is 0.399 e. The quantitative estimate of drug-likeness (QED) is 0.807. The Labute approximate surface area is 114 Å². The second kappa shape index (κ2) is 5.11. The van der Waals surface area contributed by atoms with E-state index in [4.69, 9.17) is 5.73 Å². The van der Waals surface area contributed by atoms with E-state index in [1.165, 1.54) is 4.31 Å². The first-order chi connectivity index (χ1) is 8.80. The van der Waals surface area contributed by atoms with Gasteiger partial charge in [0, 0.05) is 19.3 Å². The normalized spacial score (nSPS) is 23.4. The van der Waals surface area contributed by atoms with E-state index in [2.05, 4.69) is 0 Å². The highest BCUT2D eigenvalue weighted by Gasteiger charge is 2.32. The van der Waals surface area contributed by atoms with Crippen molar-refractivity contribution in [2.45, 2.75) is 30.8 Å². The molecule has 2 rings (SSSR count). The number of aryl methyl sites for hydroxylation is 1. The van der Waals surface area contributed by atoms with Crippen LogP contribution in [0.5, 0.6) is 0 Å². The van der Waals surface area contributed by atoms with Gasteiger partial charge in [-0.3, -0.25) is 0 Å². The summed E-state index contributed by atoms with van der Waals surface area (Å²) in [5.41, 5.74) is 6.85. The molecule has 0 heterocycles. The molecule has 0 bridgehead atoms. The SMILES string of the molecule is Cc1cc(N)ccc1S(=O)(=O)N(C)CC1CC(O)C1. The van der Waals surface area contributed by atoms with E-state index in [-0.39, 0.29) is 12.0 Å². The average Bonchev–Trinajstić information content (AvgIpc) is 2.26. The summed E-state index contributed by atoms with van der Waals surface area (Å²) < 4.78 is 26.3. The van der Waals surface area contributed by atoms with Gasteiger partial charge in [-0.1, -0.05) is 0 Å². The van der Waals surface area contributed by atoms with Gasteiger partial charge in [-0.15, -0.1) is 0 Å². The van der Waals surface area contributed by atoms with Crippen molar-refractivity contribution in [2.24, 2.45) is 5.92 Å². The van der Waals surface area contributed by atoms with Crippen LogP contribution in [-0.2, 0) is 10.0 Å². The maximum absolute atomic E-state index is 12.4. The van der Waals surface area contributed by atoms with Crippen LogP contribution in [0.25, 0.3) is 0 Å². The van der Waals surface area contributed by atoms with E-state index in [9.17, 15) is 13.5 Å². The number of nitrogens with two attached hydrogens (primary N) is 1. The number of hydrogen-bond donors (Lipinski definition) is 2. The fourth-order valence-electron chi connectivity index (χ4n) is 2.44. The van der Waals surface area contributed by atoms with Crippen molar-refractivity contribution in [1.82, 2.24) is 4.31 Å². The Balaban J connectivity index is 2.16. The fourth-order valence-corrected chi connectivity index (χ4v) is 3.89. The Bertz CT molecular complexity index is 565. The summed E-state index contributed by atoms with van der Waals surface area (Å²) in [5.74, 6) is 0.254. The first-order valence-electron chi connectivity index (χ1n) is 6.31. The highest BCUT2D eigenvalue weighted by atomic mass is 32.2. The number of nitrogen functional groups attached to an aromatic ring is 1. The number of aliphatic hydroxyl groups is 1. The third-order valence-electron chi connectivity index (χ3n) is 3.61. The minimum atomic E-state index is -3.48. The summed E-state index contributed by atoms with van der Waals surface area (Å²) >= 11 is 0. The molecule has 5 nitrogen and oxygen atoms in total. The van der Waals surface area contributed by atoms with Crippen LogP contribution in [0.4, 0.5) is 5.69 Å². The molecule has 1 aliphatic rings. The number of sulfonamides is 1. The Morgan fingerprint density at radius 1 is 1.42 bits per heavy atom. The summed E-state index contributed by atoms with van der Waals surface area (Å²) in [4.78, 5) is 0.295. The van der Waals surface area contributed by atoms with Gasteiger partial charge in [0.25, 0.3) is 0 Å². The minimum absolute atomic E-state index is 0.254. The summed E-state index contributed by atoms with van der Waals surface area (Å²) in [6, 6.07) is 4.81. The highest BCUT2D eigenvalue weighted by molar-refractivity contribution is 7.89. The second-order valence-corrected chi connectivity index (χ2v) is 7.32. The van der Waals surface area contributed by atoms with Crippen LogP contribution in [0, 0.1) is 12.8 Å². The maximum atomic E-state index is 12.4. The van der Waals surface area contributed by atoms with Crippen LogP contribution in [0.2, 0.25) is 0 Å². The molecule has 1 fully saturated rings. The molecule has 19 heavy (non-hydrogen) atoms. The van der Waals surface area contributed by atoms with Gasteiger partial charge in [-0.2, -0.15) is 0 Å². The van der Waals surface area contributed by atoms with Gasteiger partial charge in [0.2, 0.25) is 10.0 Å². The predicted molar refractivity (Wildman–Crippen MR) is 74.1 cm³/mol. The molecular formula is C13H20N2O3S. The molecule has 0 spiro atoms. The Morgan fingerprint density at radius 2 is 2.05 bits per heavy atom. The summed E-state index contributed by atoms with van der Waals surface area (Å²) in [6.45, 7) is 2.19. The molecule has 1 aliphatic carbocycles. The van der Waals surface area contributed by atoms with Gasteiger partial charge in [-0.25, -0.2) is 12.7 Å².